The minimum absolute atomic E-state index is 0.123. The molecule has 2 aromatic heterocycles. The summed E-state index contributed by atoms with van der Waals surface area (Å²) in [5, 5.41) is 10.8. The van der Waals surface area contributed by atoms with Gasteiger partial charge in [-0.1, -0.05) is 19.0 Å². The van der Waals surface area contributed by atoms with Gasteiger partial charge in [0, 0.05) is 30.7 Å². The third-order valence-electron chi connectivity index (χ3n) is 4.08. The maximum Gasteiger partial charge on any atom is 0.244 e. The first-order chi connectivity index (χ1) is 10.6. The van der Waals surface area contributed by atoms with Crippen LogP contribution in [0.25, 0.3) is 0 Å². The number of rotatable bonds is 5. The van der Waals surface area contributed by atoms with Crippen molar-refractivity contribution in [1.82, 2.24) is 20.4 Å². The average Bonchev–Trinajstić information content (AvgIpc) is 3.16. The SMILES string of the molecule is Cc1noc([C@H](NC2CCN(c3nccs3)CC2)C(C)C)n1. The van der Waals surface area contributed by atoms with Gasteiger partial charge in [-0.2, -0.15) is 4.98 Å². The summed E-state index contributed by atoms with van der Waals surface area (Å²) in [5.41, 5.74) is 0. The molecule has 3 heterocycles. The zero-order chi connectivity index (χ0) is 15.5. The number of hydrogen-bond donors (Lipinski definition) is 1. The molecule has 0 unspecified atom stereocenters. The van der Waals surface area contributed by atoms with Crippen molar-refractivity contribution in [2.45, 2.75) is 45.7 Å². The molecule has 0 bridgehead atoms. The number of anilines is 1. The molecule has 1 aliphatic rings. The van der Waals surface area contributed by atoms with Gasteiger partial charge in [0.15, 0.2) is 11.0 Å². The Labute approximate surface area is 134 Å². The molecule has 0 spiro atoms. The first-order valence-electron chi connectivity index (χ1n) is 7.84. The van der Waals surface area contributed by atoms with Crippen molar-refractivity contribution >= 4 is 16.5 Å². The minimum Gasteiger partial charge on any atom is -0.348 e. The highest BCUT2D eigenvalue weighted by Crippen LogP contribution is 2.25. The zero-order valence-corrected chi connectivity index (χ0v) is 14.1. The van der Waals surface area contributed by atoms with Crippen LogP contribution in [-0.2, 0) is 0 Å². The predicted octanol–water partition coefficient (Wildman–Crippen LogP) is 2.79. The first kappa shape index (κ1) is 15.4. The molecule has 0 saturated carbocycles. The summed E-state index contributed by atoms with van der Waals surface area (Å²) in [4.78, 5) is 11.2. The number of nitrogens with one attached hydrogen (secondary N) is 1. The lowest BCUT2D eigenvalue weighted by Crippen LogP contribution is -2.44. The second-order valence-corrected chi connectivity index (χ2v) is 7.02. The van der Waals surface area contributed by atoms with Crippen LogP contribution < -0.4 is 10.2 Å². The van der Waals surface area contributed by atoms with Crippen LogP contribution in [0, 0.1) is 12.8 Å². The van der Waals surface area contributed by atoms with E-state index in [9.17, 15) is 0 Å². The van der Waals surface area contributed by atoms with E-state index in [4.69, 9.17) is 4.52 Å². The Morgan fingerprint density at radius 2 is 2.14 bits per heavy atom. The molecule has 22 heavy (non-hydrogen) atoms. The molecule has 2 aromatic rings. The van der Waals surface area contributed by atoms with Crippen LogP contribution in [0.4, 0.5) is 5.13 Å². The Bertz CT molecular complexity index is 575. The molecule has 6 nitrogen and oxygen atoms in total. The summed E-state index contributed by atoms with van der Waals surface area (Å²) in [5.74, 6) is 1.81. The van der Waals surface area contributed by atoms with Crippen molar-refractivity contribution in [3.05, 3.63) is 23.3 Å². The van der Waals surface area contributed by atoms with Crippen molar-refractivity contribution in [1.29, 1.82) is 0 Å². The summed E-state index contributed by atoms with van der Waals surface area (Å²) < 4.78 is 5.37. The Hall–Kier alpha value is -1.47. The molecule has 120 valence electrons. The monoisotopic (exact) mass is 321 g/mol. The van der Waals surface area contributed by atoms with Gasteiger partial charge in [-0.05, 0) is 25.7 Å². The lowest BCUT2D eigenvalue weighted by Gasteiger charge is -2.34. The fourth-order valence-electron chi connectivity index (χ4n) is 2.85. The second kappa shape index (κ2) is 6.75. The topological polar surface area (TPSA) is 67.1 Å². The molecule has 0 amide bonds. The highest BCUT2D eigenvalue weighted by Gasteiger charge is 2.27. The number of thiazole rings is 1. The smallest absolute Gasteiger partial charge is 0.244 e. The minimum atomic E-state index is 0.123. The molecule has 7 heteroatoms. The quantitative estimate of drug-likeness (QED) is 0.913. The van der Waals surface area contributed by atoms with E-state index in [0.717, 1.165) is 31.1 Å². The lowest BCUT2D eigenvalue weighted by molar-refractivity contribution is 0.254. The third-order valence-corrected chi connectivity index (χ3v) is 4.91. The summed E-state index contributed by atoms with van der Waals surface area (Å²) in [6.07, 6.45) is 4.09. The molecule has 1 aliphatic heterocycles. The predicted molar refractivity (Wildman–Crippen MR) is 87.1 cm³/mol. The molecular formula is C15H23N5OS. The van der Waals surface area contributed by atoms with Crippen LogP contribution >= 0.6 is 11.3 Å². The molecule has 1 fully saturated rings. The van der Waals surface area contributed by atoms with Gasteiger partial charge >= 0.3 is 0 Å². The van der Waals surface area contributed by atoms with Crippen molar-refractivity contribution in [2.75, 3.05) is 18.0 Å². The van der Waals surface area contributed by atoms with E-state index in [-0.39, 0.29) is 6.04 Å². The molecule has 0 aliphatic carbocycles. The Balaban J connectivity index is 1.58. The van der Waals surface area contributed by atoms with Crippen molar-refractivity contribution in [3.8, 4) is 0 Å². The molecule has 3 rings (SSSR count). The fraction of sp³-hybridized carbons (Fsp3) is 0.667. The van der Waals surface area contributed by atoms with E-state index in [1.54, 1.807) is 11.3 Å². The molecule has 0 radical (unpaired) electrons. The number of nitrogens with zero attached hydrogens (tertiary/aromatic N) is 4. The van der Waals surface area contributed by atoms with E-state index >= 15 is 0 Å². The van der Waals surface area contributed by atoms with Gasteiger partial charge in [-0.3, -0.25) is 0 Å². The molecule has 1 saturated heterocycles. The van der Waals surface area contributed by atoms with Crippen molar-refractivity contribution < 1.29 is 4.52 Å². The number of aryl methyl sites for hydroxylation is 1. The lowest BCUT2D eigenvalue weighted by atomic mass is 9.99. The zero-order valence-electron chi connectivity index (χ0n) is 13.3. The van der Waals surface area contributed by atoms with Crippen molar-refractivity contribution in [2.24, 2.45) is 5.92 Å². The van der Waals surface area contributed by atoms with Crippen LogP contribution in [0.2, 0.25) is 0 Å². The van der Waals surface area contributed by atoms with Crippen LogP contribution in [-0.4, -0.2) is 34.3 Å². The summed E-state index contributed by atoms with van der Waals surface area (Å²) >= 11 is 1.71. The highest BCUT2D eigenvalue weighted by atomic mass is 32.1. The Morgan fingerprint density at radius 1 is 1.36 bits per heavy atom. The Kier molecular flexibility index (Phi) is 4.73. The fourth-order valence-corrected chi connectivity index (χ4v) is 3.55. The van der Waals surface area contributed by atoms with E-state index in [0.29, 0.717) is 23.7 Å². The van der Waals surface area contributed by atoms with Crippen LogP contribution in [0.5, 0.6) is 0 Å². The van der Waals surface area contributed by atoms with E-state index in [1.165, 1.54) is 0 Å². The van der Waals surface area contributed by atoms with Gasteiger partial charge < -0.3 is 14.7 Å². The molecule has 1 atom stereocenters. The first-order valence-corrected chi connectivity index (χ1v) is 8.72. The van der Waals surface area contributed by atoms with Gasteiger partial charge in [-0.25, -0.2) is 4.98 Å². The van der Waals surface area contributed by atoms with Gasteiger partial charge in [0.1, 0.15) is 0 Å². The van der Waals surface area contributed by atoms with E-state index in [1.807, 2.05) is 18.5 Å². The summed E-state index contributed by atoms with van der Waals surface area (Å²) in [6.45, 7) is 8.30. The van der Waals surface area contributed by atoms with Crippen molar-refractivity contribution in [3.63, 3.8) is 0 Å². The summed E-state index contributed by atoms with van der Waals surface area (Å²) in [7, 11) is 0. The maximum atomic E-state index is 5.37. The number of piperidine rings is 1. The number of aromatic nitrogens is 3. The largest absolute Gasteiger partial charge is 0.348 e. The van der Waals surface area contributed by atoms with E-state index < -0.39 is 0 Å². The maximum absolute atomic E-state index is 5.37. The molecule has 0 aromatic carbocycles. The van der Waals surface area contributed by atoms with Gasteiger partial charge in [0.05, 0.1) is 6.04 Å². The van der Waals surface area contributed by atoms with E-state index in [2.05, 4.69) is 39.2 Å². The van der Waals surface area contributed by atoms with Gasteiger partial charge in [0.25, 0.3) is 0 Å². The molecule has 1 N–H and O–H groups in total. The Morgan fingerprint density at radius 3 is 2.68 bits per heavy atom. The second-order valence-electron chi connectivity index (χ2n) is 6.14. The van der Waals surface area contributed by atoms with Gasteiger partial charge in [-0.15, -0.1) is 11.3 Å². The third kappa shape index (κ3) is 3.47. The van der Waals surface area contributed by atoms with Gasteiger partial charge in [0.2, 0.25) is 5.89 Å². The summed E-state index contributed by atoms with van der Waals surface area (Å²) in [6, 6.07) is 0.605. The number of hydrogen-bond acceptors (Lipinski definition) is 7. The normalized spacial score (nSPS) is 18.1. The standard InChI is InChI=1S/C15H23N5OS/c1-10(2)13(14-17-11(3)19-21-14)18-12-4-7-20(8-5-12)15-16-6-9-22-15/h6,9-10,12-13,18H,4-5,7-8H2,1-3H3/t13-/m1/s1. The van der Waals surface area contributed by atoms with Crippen LogP contribution in [0.15, 0.2) is 16.1 Å². The average molecular weight is 321 g/mol. The molecular weight excluding hydrogens is 298 g/mol. The van der Waals surface area contributed by atoms with Crippen LogP contribution in [0.1, 0.15) is 44.4 Å². The van der Waals surface area contributed by atoms with Crippen LogP contribution in [0.3, 0.4) is 0 Å². The highest BCUT2D eigenvalue weighted by molar-refractivity contribution is 7.13.